The van der Waals surface area contributed by atoms with E-state index < -0.39 is 0 Å². The third kappa shape index (κ3) is 2.05. The van der Waals surface area contributed by atoms with Crippen LogP contribution in [0, 0.1) is 0 Å². The van der Waals surface area contributed by atoms with E-state index in [1.165, 1.54) is 25.0 Å². The van der Waals surface area contributed by atoms with Crippen molar-refractivity contribution in [2.24, 2.45) is 0 Å². The standard InChI is InChI=1S/2C5H4N4O/c2*10-5-3-1-8-9-4(3)6-2-7-5/h2*1-2H,(H2,6,7,8,9,10). The molecule has 4 heterocycles. The largest absolute Gasteiger partial charge is 0.312 e. The third-order valence-corrected chi connectivity index (χ3v) is 2.51. The van der Waals surface area contributed by atoms with E-state index in [1.54, 1.807) is 0 Å². The van der Waals surface area contributed by atoms with Gasteiger partial charge in [0.2, 0.25) is 0 Å². The molecular formula is C10H8N8O2. The van der Waals surface area contributed by atoms with Gasteiger partial charge in [-0.1, -0.05) is 0 Å². The summed E-state index contributed by atoms with van der Waals surface area (Å²) in [6.45, 7) is 0. The zero-order valence-corrected chi connectivity index (χ0v) is 9.91. The van der Waals surface area contributed by atoms with Crippen molar-refractivity contribution in [2.45, 2.75) is 0 Å². The molecule has 0 spiro atoms. The molecule has 0 aliphatic heterocycles. The molecule has 20 heavy (non-hydrogen) atoms. The van der Waals surface area contributed by atoms with Gasteiger partial charge in [-0.25, -0.2) is 9.97 Å². The van der Waals surface area contributed by atoms with Crippen LogP contribution >= 0.6 is 0 Å². The molecule has 0 saturated carbocycles. The Hall–Kier alpha value is -3.30. The van der Waals surface area contributed by atoms with Crippen LogP contribution in [0.15, 0.2) is 34.6 Å². The molecule has 0 bridgehead atoms. The van der Waals surface area contributed by atoms with Gasteiger partial charge in [0, 0.05) is 0 Å². The van der Waals surface area contributed by atoms with Crippen molar-refractivity contribution >= 4 is 22.1 Å². The predicted molar refractivity (Wildman–Crippen MR) is 69.0 cm³/mol. The van der Waals surface area contributed by atoms with Gasteiger partial charge < -0.3 is 9.97 Å². The van der Waals surface area contributed by atoms with Gasteiger partial charge in [0.1, 0.15) is 10.8 Å². The van der Waals surface area contributed by atoms with Crippen LogP contribution in [0.3, 0.4) is 0 Å². The summed E-state index contributed by atoms with van der Waals surface area (Å²) >= 11 is 0. The number of fused-ring (bicyclic) bond motifs is 2. The van der Waals surface area contributed by atoms with Crippen LogP contribution < -0.4 is 11.1 Å². The number of hydrogen-bond acceptors (Lipinski definition) is 6. The first-order valence-corrected chi connectivity index (χ1v) is 5.49. The van der Waals surface area contributed by atoms with Crippen LogP contribution in [0.1, 0.15) is 0 Å². The lowest BCUT2D eigenvalue weighted by molar-refractivity contribution is 1.08. The average Bonchev–Trinajstić information content (AvgIpc) is 3.08. The Balaban J connectivity index is 0.000000121. The fourth-order valence-corrected chi connectivity index (χ4v) is 1.55. The van der Waals surface area contributed by atoms with E-state index in [-0.39, 0.29) is 11.1 Å². The van der Waals surface area contributed by atoms with Gasteiger partial charge in [-0.2, -0.15) is 10.2 Å². The maximum atomic E-state index is 10.9. The smallest absolute Gasteiger partial charge is 0.261 e. The Kier molecular flexibility index (Phi) is 2.80. The summed E-state index contributed by atoms with van der Waals surface area (Å²) in [4.78, 5) is 34.3. The minimum Gasteiger partial charge on any atom is -0.312 e. The van der Waals surface area contributed by atoms with Gasteiger partial charge in [-0.3, -0.25) is 19.8 Å². The summed E-state index contributed by atoms with van der Waals surface area (Å²) in [5, 5.41) is 13.4. The molecule has 0 fully saturated rings. The highest BCUT2D eigenvalue weighted by Crippen LogP contribution is 1.96. The van der Waals surface area contributed by atoms with Crippen molar-refractivity contribution in [1.82, 2.24) is 40.3 Å². The van der Waals surface area contributed by atoms with Crippen molar-refractivity contribution < 1.29 is 0 Å². The van der Waals surface area contributed by atoms with Crippen molar-refractivity contribution in [3.8, 4) is 0 Å². The summed E-state index contributed by atoms with van der Waals surface area (Å²) < 4.78 is 0. The Morgan fingerprint density at radius 3 is 1.60 bits per heavy atom. The monoisotopic (exact) mass is 272 g/mol. The molecule has 4 N–H and O–H groups in total. The minimum absolute atomic E-state index is 0.168. The number of rotatable bonds is 0. The summed E-state index contributed by atoms with van der Waals surface area (Å²) in [6, 6.07) is 0. The highest BCUT2D eigenvalue weighted by Gasteiger charge is 1.98. The maximum absolute atomic E-state index is 10.9. The Labute approximate surface area is 109 Å². The number of aromatic amines is 4. The van der Waals surface area contributed by atoms with E-state index in [9.17, 15) is 9.59 Å². The average molecular weight is 272 g/mol. The van der Waals surface area contributed by atoms with Crippen LogP contribution in [0.5, 0.6) is 0 Å². The van der Waals surface area contributed by atoms with E-state index in [2.05, 4.69) is 40.3 Å². The van der Waals surface area contributed by atoms with Gasteiger partial charge in [-0.05, 0) is 0 Å². The van der Waals surface area contributed by atoms with Gasteiger partial charge in [0.25, 0.3) is 11.1 Å². The van der Waals surface area contributed by atoms with Gasteiger partial charge in [0.15, 0.2) is 11.3 Å². The number of H-pyrrole nitrogens is 4. The molecule has 0 atom stereocenters. The molecule has 0 unspecified atom stereocenters. The summed E-state index contributed by atoms with van der Waals surface area (Å²) in [7, 11) is 0. The molecule has 0 aliphatic carbocycles. The molecule has 10 nitrogen and oxygen atoms in total. The van der Waals surface area contributed by atoms with E-state index >= 15 is 0 Å². The molecule has 0 saturated heterocycles. The predicted octanol–water partition coefficient (Wildman–Crippen LogP) is -0.708. The lowest BCUT2D eigenvalue weighted by Gasteiger charge is -1.81. The van der Waals surface area contributed by atoms with Crippen LogP contribution in [0.25, 0.3) is 22.1 Å². The molecule has 0 amide bonds. The minimum atomic E-state index is -0.168. The quantitative estimate of drug-likeness (QED) is 0.332. The number of aromatic nitrogens is 8. The molecule has 0 radical (unpaired) electrons. The lowest BCUT2D eigenvalue weighted by Crippen LogP contribution is -2.04. The zero-order valence-electron chi connectivity index (χ0n) is 9.91. The highest BCUT2D eigenvalue weighted by atomic mass is 16.1. The normalized spacial score (nSPS) is 10.4. The molecule has 0 aliphatic rings. The second-order valence-electron chi connectivity index (χ2n) is 3.73. The first kappa shape index (κ1) is 11.8. The third-order valence-electron chi connectivity index (χ3n) is 2.51. The van der Waals surface area contributed by atoms with Crippen molar-refractivity contribution in [3.05, 3.63) is 45.8 Å². The Morgan fingerprint density at radius 2 is 1.20 bits per heavy atom. The summed E-state index contributed by atoms with van der Waals surface area (Å²) in [6.07, 6.45) is 5.56. The second-order valence-corrected chi connectivity index (χ2v) is 3.73. The Bertz CT molecular complexity index is 882. The number of nitrogens with zero attached hydrogens (tertiary/aromatic N) is 4. The van der Waals surface area contributed by atoms with Crippen molar-refractivity contribution in [1.29, 1.82) is 0 Å². The number of hydrogen-bond donors (Lipinski definition) is 4. The van der Waals surface area contributed by atoms with Crippen LogP contribution in [0.2, 0.25) is 0 Å². The zero-order chi connectivity index (χ0) is 13.9. The summed E-state index contributed by atoms with van der Waals surface area (Å²) in [5.74, 6) is 0. The maximum Gasteiger partial charge on any atom is 0.261 e. The first-order valence-electron chi connectivity index (χ1n) is 5.49. The van der Waals surface area contributed by atoms with E-state index in [1.807, 2.05) is 0 Å². The molecule has 4 rings (SSSR count). The van der Waals surface area contributed by atoms with E-state index in [0.29, 0.717) is 22.1 Å². The molecule has 0 aromatic carbocycles. The second kappa shape index (κ2) is 4.76. The van der Waals surface area contributed by atoms with Gasteiger partial charge in [0.05, 0.1) is 25.0 Å². The van der Waals surface area contributed by atoms with Gasteiger partial charge >= 0.3 is 0 Å². The van der Waals surface area contributed by atoms with Crippen molar-refractivity contribution in [2.75, 3.05) is 0 Å². The lowest BCUT2D eigenvalue weighted by atomic mass is 10.4. The fourth-order valence-electron chi connectivity index (χ4n) is 1.55. The molecule has 4 aromatic rings. The molecule has 4 aromatic heterocycles. The van der Waals surface area contributed by atoms with E-state index in [4.69, 9.17) is 0 Å². The molecular weight excluding hydrogens is 264 g/mol. The van der Waals surface area contributed by atoms with Crippen molar-refractivity contribution in [3.63, 3.8) is 0 Å². The summed E-state index contributed by atoms with van der Waals surface area (Å²) in [5.41, 5.74) is 0.699. The van der Waals surface area contributed by atoms with Crippen LogP contribution in [0.4, 0.5) is 0 Å². The first-order chi connectivity index (χ1) is 9.75. The Morgan fingerprint density at radius 1 is 0.750 bits per heavy atom. The molecule has 10 heteroatoms. The SMILES string of the molecule is O=c1[nH]cnc2[nH]ncc12.O=c1[nH]cnc2[nH]ncc12. The van der Waals surface area contributed by atoms with Gasteiger partial charge in [-0.15, -0.1) is 0 Å². The molecule has 100 valence electrons. The van der Waals surface area contributed by atoms with E-state index in [0.717, 1.165) is 0 Å². The topological polar surface area (TPSA) is 149 Å². The number of nitrogens with one attached hydrogen (secondary N) is 4. The van der Waals surface area contributed by atoms with Crippen LogP contribution in [-0.4, -0.2) is 40.3 Å². The fraction of sp³-hybridized carbons (Fsp3) is 0. The highest BCUT2D eigenvalue weighted by molar-refractivity contribution is 5.72. The van der Waals surface area contributed by atoms with Crippen LogP contribution in [-0.2, 0) is 0 Å².